The van der Waals surface area contributed by atoms with Gasteiger partial charge in [-0.1, -0.05) is 18.2 Å². The summed E-state index contributed by atoms with van der Waals surface area (Å²) in [5.41, 5.74) is 2.41. The number of hydrogen-bond donors (Lipinski definition) is 0. The summed E-state index contributed by atoms with van der Waals surface area (Å²) in [6, 6.07) is 8.28. The predicted octanol–water partition coefficient (Wildman–Crippen LogP) is 1.37. The van der Waals surface area contributed by atoms with Crippen molar-refractivity contribution in [2.24, 2.45) is 0 Å². The molecule has 0 spiro atoms. The minimum atomic E-state index is 0.243. The fraction of sp³-hybridized carbons (Fsp3) is 0.632. The molecule has 5 heteroatoms. The van der Waals surface area contributed by atoms with E-state index in [0.29, 0.717) is 12.6 Å². The van der Waals surface area contributed by atoms with Gasteiger partial charge in [-0.15, -0.1) is 0 Å². The van der Waals surface area contributed by atoms with Gasteiger partial charge in [0.15, 0.2) is 0 Å². The second kappa shape index (κ2) is 7.21. The number of anilines is 1. The van der Waals surface area contributed by atoms with Crippen molar-refractivity contribution in [3.63, 3.8) is 0 Å². The Morgan fingerprint density at radius 2 is 1.88 bits per heavy atom. The fourth-order valence-corrected chi connectivity index (χ4v) is 4.08. The van der Waals surface area contributed by atoms with E-state index in [1.165, 1.54) is 18.4 Å². The van der Waals surface area contributed by atoms with Crippen molar-refractivity contribution in [3.8, 4) is 0 Å². The molecule has 5 nitrogen and oxygen atoms in total. The monoisotopic (exact) mass is 329 g/mol. The van der Waals surface area contributed by atoms with Gasteiger partial charge in [0.1, 0.15) is 0 Å². The van der Waals surface area contributed by atoms with Gasteiger partial charge in [-0.2, -0.15) is 0 Å². The number of fused-ring (bicyclic) bond motifs is 1. The Kier molecular flexibility index (Phi) is 4.83. The highest BCUT2D eigenvalue weighted by molar-refractivity contribution is 5.96. The zero-order valence-electron chi connectivity index (χ0n) is 14.3. The SMILES string of the molecule is O=C(CN1CCN(CC2CCCO2)CC1)N1CCc2ccccc21. The topological polar surface area (TPSA) is 36.0 Å². The largest absolute Gasteiger partial charge is 0.377 e. The molecule has 24 heavy (non-hydrogen) atoms. The van der Waals surface area contributed by atoms with E-state index in [2.05, 4.69) is 28.0 Å². The Morgan fingerprint density at radius 3 is 2.67 bits per heavy atom. The van der Waals surface area contributed by atoms with E-state index in [-0.39, 0.29) is 5.91 Å². The minimum absolute atomic E-state index is 0.243. The number of para-hydroxylation sites is 1. The lowest BCUT2D eigenvalue weighted by molar-refractivity contribution is -0.120. The summed E-state index contributed by atoms with van der Waals surface area (Å²) >= 11 is 0. The molecule has 3 aliphatic rings. The molecule has 4 rings (SSSR count). The molecule has 2 saturated heterocycles. The van der Waals surface area contributed by atoms with Gasteiger partial charge in [-0.05, 0) is 30.9 Å². The summed E-state index contributed by atoms with van der Waals surface area (Å²) in [4.78, 5) is 19.4. The summed E-state index contributed by atoms with van der Waals surface area (Å²) in [7, 11) is 0. The first-order valence-corrected chi connectivity index (χ1v) is 9.24. The molecular formula is C19H27N3O2. The van der Waals surface area contributed by atoms with Crippen molar-refractivity contribution in [1.82, 2.24) is 9.80 Å². The molecule has 0 aliphatic carbocycles. The number of piperazine rings is 1. The fourth-order valence-electron chi connectivity index (χ4n) is 4.08. The van der Waals surface area contributed by atoms with Crippen molar-refractivity contribution in [2.45, 2.75) is 25.4 Å². The molecule has 3 aliphatic heterocycles. The Labute approximate surface area is 144 Å². The van der Waals surface area contributed by atoms with E-state index in [9.17, 15) is 4.79 Å². The Bertz CT molecular complexity index is 578. The van der Waals surface area contributed by atoms with Crippen LogP contribution in [-0.2, 0) is 16.0 Å². The second-order valence-electron chi connectivity index (χ2n) is 7.14. The Balaban J connectivity index is 1.26. The lowest BCUT2D eigenvalue weighted by Gasteiger charge is -2.36. The molecule has 1 amide bonds. The highest BCUT2D eigenvalue weighted by atomic mass is 16.5. The highest BCUT2D eigenvalue weighted by Crippen LogP contribution is 2.27. The first-order chi connectivity index (χ1) is 11.8. The van der Waals surface area contributed by atoms with Crippen molar-refractivity contribution in [2.75, 3.05) is 57.3 Å². The van der Waals surface area contributed by atoms with Crippen LogP contribution in [0.25, 0.3) is 0 Å². The second-order valence-corrected chi connectivity index (χ2v) is 7.14. The molecule has 1 aromatic rings. The van der Waals surface area contributed by atoms with Crippen LogP contribution in [0.5, 0.6) is 0 Å². The van der Waals surface area contributed by atoms with Gasteiger partial charge in [-0.3, -0.25) is 14.6 Å². The Morgan fingerprint density at radius 1 is 1.08 bits per heavy atom. The van der Waals surface area contributed by atoms with Gasteiger partial charge < -0.3 is 9.64 Å². The lowest BCUT2D eigenvalue weighted by Crippen LogP contribution is -2.51. The zero-order chi connectivity index (χ0) is 16.4. The highest BCUT2D eigenvalue weighted by Gasteiger charge is 2.27. The van der Waals surface area contributed by atoms with E-state index in [1.54, 1.807) is 0 Å². The first kappa shape index (κ1) is 16.1. The van der Waals surface area contributed by atoms with Crippen LogP contribution in [-0.4, -0.2) is 74.2 Å². The molecule has 0 bridgehead atoms. The van der Waals surface area contributed by atoms with Gasteiger partial charge >= 0.3 is 0 Å². The van der Waals surface area contributed by atoms with Crippen LogP contribution in [0.15, 0.2) is 24.3 Å². The number of ether oxygens (including phenoxy) is 1. The van der Waals surface area contributed by atoms with Crippen LogP contribution in [0.2, 0.25) is 0 Å². The molecule has 3 heterocycles. The number of hydrogen-bond acceptors (Lipinski definition) is 4. The maximum absolute atomic E-state index is 12.7. The average Bonchev–Trinajstić information content (AvgIpc) is 3.26. The molecule has 0 saturated carbocycles. The van der Waals surface area contributed by atoms with Crippen LogP contribution in [0, 0.1) is 0 Å². The lowest BCUT2D eigenvalue weighted by atomic mass is 10.2. The molecule has 130 valence electrons. The molecule has 0 aromatic heterocycles. The van der Waals surface area contributed by atoms with Crippen LogP contribution in [0.1, 0.15) is 18.4 Å². The van der Waals surface area contributed by atoms with Gasteiger partial charge in [0, 0.05) is 51.6 Å². The number of carbonyl (C=O) groups excluding carboxylic acids is 1. The van der Waals surface area contributed by atoms with Crippen molar-refractivity contribution >= 4 is 11.6 Å². The summed E-state index contributed by atoms with van der Waals surface area (Å²) in [5, 5.41) is 0. The van der Waals surface area contributed by atoms with Gasteiger partial charge in [0.05, 0.1) is 12.6 Å². The van der Waals surface area contributed by atoms with E-state index in [0.717, 1.165) is 58.0 Å². The number of nitrogens with zero attached hydrogens (tertiary/aromatic N) is 3. The van der Waals surface area contributed by atoms with E-state index in [4.69, 9.17) is 4.74 Å². The third-order valence-electron chi connectivity index (χ3n) is 5.50. The molecular weight excluding hydrogens is 302 g/mol. The average molecular weight is 329 g/mol. The minimum Gasteiger partial charge on any atom is -0.377 e. The maximum Gasteiger partial charge on any atom is 0.241 e. The number of carbonyl (C=O) groups is 1. The van der Waals surface area contributed by atoms with E-state index < -0.39 is 0 Å². The predicted molar refractivity (Wildman–Crippen MR) is 94.4 cm³/mol. The van der Waals surface area contributed by atoms with Crippen molar-refractivity contribution in [3.05, 3.63) is 29.8 Å². The van der Waals surface area contributed by atoms with E-state index in [1.807, 2.05) is 11.0 Å². The number of benzene rings is 1. The van der Waals surface area contributed by atoms with Crippen LogP contribution in [0.4, 0.5) is 5.69 Å². The summed E-state index contributed by atoms with van der Waals surface area (Å²) < 4.78 is 5.73. The molecule has 1 atom stereocenters. The Hall–Kier alpha value is -1.43. The summed E-state index contributed by atoms with van der Waals surface area (Å²) in [6.07, 6.45) is 3.82. The maximum atomic E-state index is 12.7. The zero-order valence-corrected chi connectivity index (χ0v) is 14.3. The van der Waals surface area contributed by atoms with Crippen LogP contribution in [0.3, 0.4) is 0 Å². The van der Waals surface area contributed by atoms with Gasteiger partial charge in [-0.25, -0.2) is 0 Å². The third-order valence-corrected chi connectivity index (χ3v) is 5.50. The third kappa shape index (κ3) is 3.48. The van der Waals surface area contributed by atoms with Gasteiger partial charge in [0.25, 0.3) is 0 Å². The molecule has 1 unspecified atom stereocenters. The van der Waals surface area contributed by atoms with Crippen LogP contribution >= 0.6 is 0 Å². The molecule has 0 radical (unpaired) electrons. The quantitative estimate of drug-likeness (QED) is 0.836. The number of amides is 1. The van der Waals surface area contributed by atoms with Crippen LogP contribution < -0.4 is 4.90 Å². The standard InChI is InChI=1S/C19H27N3O2/c23-19(22-8-7-16-4-1-2-6-18(16)22)15-21-11-9-20(10-12-21)14-17-5-3-13-24-17/h1-2,4,6,17H,3,5,7-15H2. The van der Waals surface area contributed by atoms with Crippen molar-refractivity contribution in [1.29, 1.82) is 0 Å². The normalized spacial score (nSPS) is 25.2. The molecule has 2 fully saturated rings. The summed E-state index contributed by atoms with van der Waals surface area (Å²) in [5.74, 6) is 0.243. The van der Waals surface area contributed by atoms with Gasteiger partial charge in [0.2, 0.25) is 5.91 Å². The van der Waals surface area contributed by atoms with Crippen molar-refractivity contribution < 1.29 is 9.53 Å². The summed E-state index contributed by atoms with van der Waals surface area (Å²) in [6.45, 7) is 7.41. The molecule has 1 aromatic carbocycles. The number of rotatable bonds is 4. The first-order valence-electron chi connectivity index (χ1n) is 9.24. The van der Waals surface area contributed by atoms with E-state index >= 15 is 0 Å². The molecule has 0 N–H and O–H groups in total. The smallest absolute Gasteiger partial charge is 0.241 e.